The van der Waals surface area contributed by atoms with E-state index in [0.717, 1.165) is 19.0 Å². The predicted molar refractivity (Wildman–Crippen MR) is 64.1 cm³/mol. The third-order valence-electron chi connectivity index (χ3n) is 3.50. The van der Waals surface area contributed by atoms with Gasteiger partial charge in [-0.2, -0.15) is 0 Å². The van der Waals surface area contributed by atoms with Gasteiger partial charge in [0.05, 0.1) is 0 Å². The fourth-order valence-corrected chi connectivity index (χ4v) is 2.68. The van der Waals surface area contributed by atoms with Crippen molar-refractivity contribution in [2.45, 2.75) is 51.3 Å². The molecule has 1 heterocycles. The summed E-state index contributed by atoms with van der Waals surface area (Å²) in [4.78, 5) is 1.56. The summed E-state index contributed by atoms with van der Waals surface area (Å²) in [6.45, 7) is 7.85. The highest BCUT2D eigenvalue weighted by atomic mass is 32.2. The second-order valence-corrected chi connectivity index (χ2v) is 6.41. The number of hydrogen-bond donors (Lipinski definition) is 1. The molecule has 1 aliphatic rings. The summed E-state index contributed by atoms with van der Waals surface area (Å²) >= 11 is -1.76. The van der Waals surface area contributed by atoms with E-state index in [4.69, 9.17) is 0 Å². The first-order valence-electron chi connectivity index (χ1n) is 5.84. The maximum absolute atomic E-state index is 11.2. The molecule has 1 saturated heterocycles. The van der Waals surface area contributed by atoms with Crippen molar-refractivity contribution in [1.82, 2.24) is 4.90 Å². The SMILES string of the molecule is CCCC1CCN(C(C)(C)S(=O)O)CC1. The Morgan fingerprint density at radius 2 is 1.93 bits per heavy atom. The lowest BCUT2D eigenvalue weighted by Crippen LogP contribution is -2.50. The molecule has 1 fully saturated rings. The van der Waals surface area contributed by atoms with E-state index in [-0.39, 0.29) is 0 Å². The second kappa shape index (κ2) is 5.41. The smallest absolute Gasteiger partial charge is 0.173 e. The fraction of sp³-hybridized carbons (Fsp3) is 1.00. The largest absolute Gasteiger partial charge is 0.305 e. The van der Waals surface area contributed by atoms with Crippen LogP contribution < -0.4 is 0 Å². The van der Waals surface area contributed by atoms with Crippen LogP contribution in [0.2, 0.25) is 0 Å². The molecule has 1 rings (SSSR count). The number of likely N-dealkylation sites (tertiary alicyclic amines) is 1. The predicted octanol–water partition coefficient (Wildman–Crippen LogP) is 2.46. The first-order chi connectivity index (χ1) is 6.98. The van der Waals surface area contributed by atoms with Gasteiger partial charge in [0, 0.05) is 0 Å². The van der Waals surface area contributed by atoms with Crippen LogP contribution >= 0.6 is 0 Å². The van der Waals surface area contributed by atoms with Crippen molar-refractivity contribution in [1.29, 1.82) is 0 Å². The van der Waals surface area contributed by atoms with Gasteiger partial charge in [-0.25, -0.2) is 4.21 Å². The zero-order valence-corrected chi connectivity index (χ0v) is 10.8. The van der Waals surface area contributed by atoms with Gasteiger partial charge in [0.25, 0.3) is 0 Å². The molecule has 1 unspecified atom stereocenters. The lowest BCUT2D eigenvalue weighted by Gasteiger charge is -2.40. The average Bonchev–Trinajstić information content (AvgIpc) is 2.19. The molecule has 3 nitrogen and oxygen atoms in total. The third kappa shape index (κ3) is 3.26. The van der Waals surface area contributed by atoms with Gasteiger partial charge in [-0.3, -0.25) is 4.90 Å². The minimum absolute atomic E-state index is 0.586. The Morgan fingerprint density at radius 1 is 1.40 bits per heavy atom. The molecule has 1 aliphatic heterocycles. The van der Waals surface area contributed by atoms with Gasteiger partial charge in [0.2, 0.25) is 0 Å². The molecule has 0 aromatic heterocycles. The van der Waals surface area contributed by atoms with Gasteiger partial charge in [-0.1, -0.05) is 19.8 Å². The molecule has 90 valence electrons. The van der Waals surface area contributed by atoms with Crippen molar-refractivity contribution >= 4 is 11.1 Å². The van der Waals surface area contributed by atoms with Crippen LogP contribution in [-0.4, -0.2) is 31.6 Å². The van der Waals surface area contributed by atoms with Crippen molar-refractivity contribution in [3.05, 3.63) is 0 Å². The minimum Gasteiger partial charge on any atom is -0.305 e. The second-order valence-electron chi connectivity index (χ2n) is 4.92. The fourth-order valence-electron chi connectivity index (χ4n) is 2.28. The molecular formula is C11H23NO2S. The summed E-state index contributed by atoms with van der Waals surface area (Å²) in [7, 11) is 0. The zero-order valence-electron chi connectivity index (χ0n) is 10.0. The maximum atomic E-state index is 11.2. The molecule has 1 atom stereocenters. The molecule has 0 aromatic carbocycles. The normalized spacial score (nSPS) is 22.9. The Labute approximate surface area is 95.5 Å². The van der Waals surface area contributed by atoms with Crippen molar-refractivity contribution in [2.24, 2.45) is 5.92 Å². The van der Waals surface area contributed by atoms with Crippen LogP contribution in [-0.2, 0) is 11.1 Å². The van der Waals surface area contributed by atoms with Gasteiger partial charge in [-0.15, -0.1) is 0 Å². The minimum atomic E-state index is -1.76. The molecule has 0 amide bonds. The van der Waals surface area contributed by atoms with Crippen molar-refractivity contribution in [3.63, 3.8) is 0 Å². The summed E-state index contributed by atoms with van der Waals surface area (Å²) in [6, 6.07) is 0. The maximum Gasteiger partial charge on any atom is 0.173 e. The van der Waals surface area contributed by atoms with Crippen LogP contribution in [0, 0.1) is 5.92 Å². The van der Waals surface area contributed by atoms with Crippen LogP contribution in [0.3, 0.4) is 0 Å². The van der Waals surface area contributed by atoms with Crippen LogP contribution in [0.4, 0.5) is 0 Å². The van der Waals surface area contributed by atoms with E-state index in [1.807, 2.05) is 13.8 Å². The van der Waals surface area contributed by atoms with Gasteiger partial charge in [-0.05, 0) is 45.7 Å². The molecule has 15 heavy (non-hydrogen) atoms. The Hall–Kier alpha value is 0.0700. The molecule has 4 heteroatoms. The molecule has 0 aliphatic carbocycles. The zero-order chi connectivity index (χ0) is 11.5. The standard InChI is InChI=1S/C11H23NO2S/c1-4-5-10-6-8-12(9-7-10)11(2,3)15(13)14/h10H,4-9H2,1-3H3,(H,13,14). The lowest BCUT2D eigenvalue weighted by atomic mass is 9.92. The van der Waals surface area contributed by atoms with E-state index in [9.17, 15) is 8.76 Å². The number of nitrogens with zero attached hydrogens (tertiary/aromatic N) is 1. The number of rotatable bonds is 4. The Bertz CT molecular complexity index is 223. The Morgan fingerprint density at radius 3 is 2.33 bits per heavy atom. The monoisotopic (exact) mass is 233 g/mol. The van der Waals surface area contributed by atoms with Gasteiger partial charge in [0.15, 0.2) is 11.1 Å². The quantitative estimate of drug-likeness (QED) is 0.758. The van der Waals surface area contributed by atoms with Crippen LogP contribution in [0.25, 0.3) is 0 Å². The Kier molecular flexibility index (Phi) is 4.74. The van der Waals surface area contributed by atoms with Gasteiger partial charge < -0.3 is 4.55 Å². The lowest BCUT2D eigenvalue weighted by molar-refractivity contribution is 0.120. The highest BCUT2D eigenvalue weighted by molar-refractivity contribution is 7.80. The van der Waals surface area contributed by atoms with Gasteiger partial charge in [0.1, 0.15) is 4.87 Å². The Balaban J connectivity index is 2.46. The third-order valence-corrected chi connectivity index (χ3v) is 4.61. The molecule has 1 N–H and O–H groups in total. The van der Waals surface area contributed by atoms with Crippen LogP contribution in [0.15, 0.2) is 0 Å². The van der Waals surface area contributed by atoms with Crippen LogP contribution in [0.5, 0.6) is 0 Å². The summed E-state index contributed by atoms with van der Waals surface area (Å²) in [6.07, 6.45) is 4.90. The van der Waals surface area contributed by atoms with E-state index in [0.29, 0.717) is 0 Å². The van der Waals surface area contributed by atoms with E-state index in [2.05, 4.69) is 11.8 Å². The average molecular weight is 233 g/mol. The highest BCUT2D eigenvalue weighted by Crippen LogP contribution is 2.27. The number of hydrogen-bond acceptors (Lipinski definition) is 2. The van der Waals surface area contributed by atoms with Crippen LogP contribution in [0.1, 0.15) is 46.5 Å². The number of piperidine rings is 1. The highest BCUT2D eigenvalue weighted by Gasteiger charge is 2.34. The summed E-state index contributed by atoms with van der Waals surface area (Å²) in [5.41, 5.74) is 0. The molecule has 0 bridgehead atoms. The van der Waals surface area contributed by atoms with E-state index < -0.39 is 16.0 Å². The molecule has 0 radical (unpaired) electrons. The van der Waals surface area contributed by atoms with Crippen molar-refractivity contribution in [3.8, 4) is 0 Å². The van der Waals surface area contributed by atoms with Gasteiger partial charge >= 0.3 is 0 Å². The van der Waals surface area contributed by atoms with E-state index in [1.165, 1.54) is 25.7 Å². The summed E-state index contributed by atoms with van der Waals surface area (Å²) in [5, 5.41) is 0. The first-order valence-corrected chi connectivity index (χ1v) is 6.95. The molecular weight excluding hydrogens is 210 g/mol. The van der Waals surface area contributed by atoms with Crippen molar-refractivity contribution in [2.75, 3.05) is 13.1 Å². The molecule has 0 spiro atoms. The summed E-state index contributed by atoms with van der Waals surface area (Å²) < 4.78 is 20.4. The topological polar surface area (TPSA) is 40.5 Å². The molecule has 0 aromatic rings. The summed E-state index contributed by atoms with van der Waals surface area (Å²) in [5.74, 6) is 0.828. The molecule has 0 saturated carbocycles. The van der Waals surface area contributed by atoms with Crippen molar-refractivity contribution < 1.29 is 8.76 Å². The first kappa shape index (κ1) is 13.1. The van der Waals surface area contributed by atoms with E-state index in [1.54, 1.807) is 0 Å². The van der Waals surface area contributed by atoms with E-state index >= 15 is 0 Å².